The molecule has 0 radical (unpaired) electrons. The third kappa shape index (κ3) is 4.09. The van der Waals surface area contributed by atoms with Crippen LogP contribution in [-0.4, -0.2) is 44.8 Å². The second-order valence-electron chi connectivity index (χ2n) is 4.89. The minimum atomic E-state index is 0.803. The van der Waals surface area contributed by atoms with E-state index in [9.17, 15) is 0 Å². The molecule has 0 bridgehead atoms. The highest BCUT2D eigenvalue weighted by molar-refractivity contribution is 5.28. The lowest BCUT2D eigenvalue weighted by atomic mass is 10.00. The average molecular weight is 248 g/mol. The van der Waals surface area contributed by atoms with Crippen molar-refractivity contribution < 1.29 is 4.74 Å². The maximum atomic E-state index is 5.00. The van der Waals surface area contributed by atoms with Crippen LogP contribution in [-0.2, 0) is 17.7 Å². The van der Waals surface area contributed by atoms with E-state index in [0.717, 1.165) is 26.2 Å². The summed E-state index contributed by atoms with van der Waals surface area (Å²) in [5.41, 5.74) is 3.04. The van der Waals surface area contributed by atoms with Crippen LogP contribution in [0.5, 0.6) is 0 Å². The van der Waals surface area contributed by atoms with E-state index in [1.165, 1.54) is 37.1 Å². The topological polar surface area (TPSA) is 24.5 Å². The van der Waals surface area contributed by atoms with Crippen molar-refractivity contribution in [2.45, 2.75) is 19.4 Å². The molecule has 18 heavy (non-hydrogen) atoms. The van der Waals surface area contributed by atoms with Gasteiger partial charge in [0, 0.05) is 26.7 Å². The van der Waals surface area contributed by atoms with Gasteiger partial charge < -0.3 is 10.1 Å². The molecule has 0 aliphatic carbocycles. The number of ether oxygens (including phenoxy) is 1. The Bertz CT molecular complexity index is 354. The van der Waals surface area contributed by atoms with E-state index < -0.39 is 0 Å². The number of methoxy groups -OCH3 is 1. The summed E-state index contributed by atoms with van der Waals surface area (Å²) in [4.78, 5) is 2.56. The molecule has 0 fully saturated rings. The fourth-order valence-corrected chi connectivity index (χ4v) is 2.47. The summed E-state index contributed by atoms with van der Waals surface area (Å²) in [7, 11) is 1.74. The fraction of sp³-hybridized carbons (Fsp3) is 0.600. The van der Waals surface area contributed by atoms with Crippen LogP contribution in [0.25, 0.3) is 0 Å². The van der Waals surface area contributed by atoms with Gasteiger partial charge >= 0.3 is 0 Å². The van der Waals surface area contributed by atoms with Gasteiger partial charge in [-0.25, -0.2) is 0 Å². The van der Waals surface area contributed by atoms with Gasteiger partial charge in [0.25, 0.3) is 0 Å². The summed E-state index contributed by atoms with van der Waals surface area (Å²) < 4.78 is 5.00. The Labute approximate surface area is 110 Å². The molecular weight excluding hydrogens is 224 g/mol. The summed E-state index contributed by atoms with van der Waals surface area (Å²) >= 11 is 0. The molecule has 1 aromatic rings. The number of hydrogen-bond donors (Lipinski definition) is 1. The normalized spacial score (nSPS) is 15.6. The predicted molar refractivity (Wildman–Crippen MR) is 74.8 cm³/mol. The molecule has 100 valence electrons. The first kappa shape index (κ1) is 13.5. The second-order valence-corrected chi connectivity index (χ2v) is 4.89. The van der Waals surface area contributed by atoms with E-state index >= 15 is 0 Å². The van der Waals surface area contributed by atoms with E-state index in [4.69, 9.17) is 4.74 Å². The lowest BCUT2D eigenvalue weighted by molar-refractivity contribution is 0.198. The van der Waals surface area contributed by atoms with Crippen LogP contribution in [0.2, 0.25) is 0 Å². The molecule has 0 saturated heterocycles. The quantitative estimate of drug-likeness (QED) is 0.743. The molecule has 0 aromatic heterocycles. The standard InChI is InChI=1S/C15H24N2O/c1-18-12-9-16-8-4-10-17-11-7-14-5-2-3-6-15(14)13-17/h2-3,5-6,16H,4,7-13H2,1H3. The molecule has 1 N–H and O–H groups in total. The maximum Gasteiger partial charge on any atom is 0.0587 e. The van der Waals surface area contributed by atoms with Crippen LogP contribution in [0.4, 0.5) is 0 Å². The molecule has 1 aliphatic heterocycles. The number of fused-ring (bicyclic) bond motifs is 1. The minimum absolute atomic E-state index is 0.803. The molecule has 2 rings (SSSR count). The number of nitrogens with one attached hydrogen (secondary N) is 1. The van der Waals surface area contributed by atoms with Crippen LogP contribution in [0, 0.1) is 0 Å². The zero-order chi connectivity index (χ0) is 12.6. The summed E-state index contributed by atoms with van der Waals surface area (Å²) in [5, 5.41) is 3.39. The molecule has 1 heterocycles. The minimum Gasteiger partial charge on any atom is -0.383 e. The average Bonchev–Trinajstić information content (AvgIpc) is 2.42. The van der Waals surface area contributed by atoms with Gasteiger partial charge in [-0.2, -0.15) is 0 Å². The summed E-state index contributed by atoms with van der Waals surface area (Å²) in [6, 6.07) is 8.82. The molecule has 0 amide bonds. The molecule has 3 heteroatoms. The monoisotopic (exact) mass is 248 g/mol. The van der Waals surface area contributed by atoms with Gasteiger partial charge in [-0.1, -0.05) is 24.3 Å². The summed E-state index contributed by atoms with van der Waals surface area (Å²) in [6.07, 6.45) is 2.42. The van der Waals surface area contributed by atoms with Crippen LogP contribution >= 0.6 is 0 Å². The molecule has 0 atom stereocenters. The summed E-state index contributed by atoms with van der Waals surface area (Å²) in [6.45, 7) is 6.36. The van der Waals surface area contributed by atoms with Crippen molar-refractivity contribution in [1.29, 1.82) is 0 Å². The lowest BCUT2D eigenvalue weighted by Gasteiger charge is -2.28. The first-order valence-electron chi connectivity index (χ1n) is 6.89. The Morgan fingerprint density at radius 3 is 2.89 bits per heavy atom. The van der Waals surface area contributed by atoms with Gasteiger partial charge in [0.15, 0.2) is 0 Å². The highest BCUT2D eigenvalue weighted by atomic mass is 16.5. The van der Waals surface area contributed by atoms with Crippen LogP contribution in [0.1, 0.15) is 17.5 Å². The van der Waals surface area contributed by atoms with E-state index in [1.807, 2.05) is 0 Å². The van der Waals surface area contributed by atoms with Crippen molar-refractivity contribution in [1.82, 2.24) is 10.2 Å². The van der Waals surface area contributed by atoms with Gasteiger partial charge in [-0.15, -0.1) is 0 Å². The Balaban J connectivity index is 1.64. The first-order chi connectivity index (χ1) is 8.90. The summed E-state index contributed by atoms with van der Waals surface area (Å²) in [5.74, 6) is 0. The van der Waals surface area contributed by atoms with Crippen molar-refractivity contribution in [3.05, 3.63) is 35.4 Å². The highest BCUT2D eigenvalue weighted by Crippen LogP contribution is 2.18. The van der Waals surface area contributed by atoms with Crippen LogP contribution in [0.15, 0.2) is 24.3 Å². The van der Waals surface area contributed by atoms with Crippen molar-refractivity contribution in [3.63, 3.8) is 0 Å². The molecular formula is C15H24N2O. The SMILES string of the molecule is COCCNCCCN1CCc2ccccc2C1. The van der Waals surface area contributed by atoms with E-state index in [-0.39, 0.29) is 0 Å². The van der Waals surface area contributed by atoms with Crippen LogP contribution < -0.4 is 5.32 Å². The van der Waals surface area contributed by atoms with Crippen molar-refractivity contribution in [2.24, 2.45) is 0 Å². The van der Waals surface area contributed by atoms with Crippen molar-refractivity contribution in [3.8, 4) is 0 Å². The number of benzene rings is 1. The molecule has 1 aliphatic rings. The Hall–Kier alpha value is -0.900. The molecule has 0 saturated carbocycles. The predicted octanol–water partition coefficient (Wildman–Crippen LogP) is 1.67. The van der Waals surface area contributed by atoms with E-state index in [2.05, 4.69) is 34.5 Å². The van der Waals surface area contributed by atoms with Gasteiger partial charge in [0.2, 0.25) is 0 Å². The number of hydrogen-bond acceptors (Lipinski definition) is 3. The first-order valence-corrected chi connectivity index (χ1v) is 6.89. The van der Waals surface area contributed by atoms with Crippen LogP contribution in [0.3, 0.4) is 0 Å². The van der Waals surface area contributed by atoms with Gasteiger partial charge in [0.05, 0.1) is 6.61 Å². The molecule has 0 spiro atoms. The van der Waals surface area contributed by atoms with Crippen molar-refractivity contribution in [2.75, 3.05) is 39.9 Å². The Kier molecular flexibility index (Phi) is 5.65. The number of rotatable bonds is 7. The zero-order valence-corrected chi connectivity index (χ0v) is 11.3. The molecule has 0 unspecified atom stereocenters. The Morgan fingerprint density at radius 2 is 2.06 bits per heavy atom. The van der Waals surface area contributed by atoms with E-state index in [0.29, 0.717) is 0 Å². The Morgan fingerprint density at radius 1 is 1.22 bits per heavy atom. The smallest absolute Gasteiger partial charge is 0.0587 e. The van der Waals surface area contributed by atoms with Crippen molar-refractivity contribution >= 4 is 0 Å². The third-order valence-electron chi connectivity index (χ3n) is 3.52. The second kappa shape index (κ2) is 7.52. The highest BCUT2D eigenvalue weighted by Gasteiger charge is 2.14. The van der Waals surface area contributed by atoms with Gasteiger partial charge in [-0.3, -0.25) is 4.90 Å². The van der Waals surface area contributed by atoms with E-state index in [1.54, 1.807) is 7.11 Å². The van der Waals surface area contributed by atoms with Gasteiger partial charge in [-0.05, 0) is 37.1 Å². The van der Waals surface area contributed by atoms with Gasteiger partial charge in [0.1, 0.15) is 0 Å². The fourth-order valence-electron chi connectivity index (χ4n) is 2.47. The number of nitrogens with zero attached hydrogens (tertiary/aromatic N) is 1. The largest absolute Gasteiger partial charge is 0.383 e. The molecule has 1 aromatic carbocycles. The lowest BCUT2D eigenvalue weighted by Crippen LogP contribution is -2.33. The third-order valence-corrected chi connectivity index (χ3v) is 3.52. The molecule has 3 nitrogen and oxygen atoms in total. The maximum absolute atomic E-state index is 5.00. The zero-order valence-electron chi connectivity index (χ0n) is 11.3.